The number of likely N-dealkylation sites (tertiary alicyclic amines) is 1. The van der Waals surface area contributed by atoms with Gasteiger partial charge in [0.1, 0.15) is 12.1 Å². The first-order valence-electron chi connectivity index (χ1n) is 8.27. The zero-order valence-corrected chi connectivity index (χ0v) is 14.4. The van der Waals surface area contributed by atoms with E-state index in [9.17, 15) is 9.59 Å². The summed E-state index contributed by atoms with van der Waals surface area (Å²) in [4.78, 5) is 26.6. The van der Waals surface area contributed by atoms with Crippen LogP contribution in [0.3, 0.4) is 0 Å². The van der Waals surface area contributed by atoms with Crippen molar-refractivity contribution in [1.82, 2.24) is 20.0 Å². The maximum atomic E-state index is 12.8. The molecule has 1 fully saturated rings. The number of nitrogens with zero attached hydrogens (tertiary/aromatic N) is 3. The molecule has 2 rings (SSSR count). The van der Waals surface area contributed by atoms with Gasteiger partial charge in [-0.1, -0.05) is 0 Å². The molecular formula is C16H26N4O4. The van der Waals surface area contributed by atoms with Crippen LogP contribution in [-0.2, 0) is 24.6 Å². The van der Waals surface area contributed by atoms with Crippen LogP contribution in [0.2, 0.25) is 0 Å². The summed E-state index contributed by atoms with van der Waals surface area (Å²) in [6.07, 6.45) is 4.50. The summed E-state index contributed by atoms with van der Waals surface area (Å²) >= 11 is 0. The smallest absolute Gasteiger partial charge is 0.248 e. The molecule has 2 amide bonds. The molecule has 2 heterocycles. The molecule has 1 aliphatic rings. The Labute approximate surface area is 142 Å². The maximum Gasteiger partial charge on any atom is 0.248 e. The van der Waals surface area contributed by atoms with Gasteiger partial charge < -0.3 is 19.7 Å². The summed E-state index contributed by atoms with van der Waals surface area (Å²) in [7, 11) is 1.60. The minimum absolute atomic E-state index is 0.0364. The molecule has 0 atom stereocenters. The number of carbonyl (C=O) groups excluding carboxylic acids is 2. The molecule has 1 N–H and O–H groups in total. The lowest BCUT2D eigenvalue weighted by molar-refractivity contribution is -0.143. The van der Waals surface area contributed by atoms with E-state index in [0.29, 0.717) is 45.7 Å². The predicted molar refractivity (Wildman–Crippen MR) is 87.4 cm³/mol. The third kappa shape index (κ3) is 4.12. The second kappa shape index (κ2) is 8.79. The lowest BCUT2D eigenvalue weighted by Gasteiger charge is -2.40. The number of nitrogens with one attached hydrogen (secondary N) is 1. The zero-order chi connectivity index (χ0) is 17.4. The minimum Gasteiger partial charge on any atom is -0.383 e. The van der Waals surface area contributed by atoms with Gasteiger partial charge >= 0.3 is 0 Å². The highest BCUT2D eigenvalue weighted by Crippen LogP contribution is 2.30. The van der Waals surface area contributed by atoms with Crippen LogP contribution >= 0.6 is 0 Å². The van der Waals surface area contributed by atoms with Crippen molar-refractivity contribution in [3.8, 4) is 0 Å². The quantitative estimate of drug-likeness (QED) is 0.675. The Morgan fingerprint density at radius 3 is 2.67 bits per heavy atom. The van der Waals surface area contributed by atoms with E-state index in [1.807, 2.05) is 6.92 Å². The fourth-order valence-electron chi connectivity index (χ4n) is 2.92. The van der Waals surface area contributed by atoms with Gasteiger partial charge in [-0.15, -0.1) is 0 Å². The third-order valence-electron chi connectivity index (χ3n) is 4.33. The van der Waals surface area contributed by atoms with Crippen LogP contribution in [0.4, 0.5) is 0 Å². The van der Waals surface area contributed by atoms with Crippen molar-refractivity contribution >= 4 is 11.8 Å². The van der Waals surface area contributed by atoms with E-state index in [1.54, 1.807) is 35.2 Å². The first-order chi connectivity index (χ1) is 11.6. The number of rotatable bonds is 8. The number of piperidine rings is 1. The first-order valence-corrected chi connectivity index (χ1v) is 8.27. The Morgan fingerprint density at radius 1 is 1.33 bits per heavy atom. The average molecular weight is 338 g/mol. The van der Waals surface area contributed by atoms with Gasteiger partial charge in [-0.05, 0) is 25.8 Å². The number of aromatic nitrogens is 2. The van der Waals surface area contributed by atoms with Gasteiger partial charge in [0.2, 0.25) is 11.8 Å². The Kier molecular flexibility index (Phi) is 6.74. The molecule has 8 heteroatoms. The summed E-state index contributed by atoms with van der Waals surface area (Å²) in [5.41, 5.74) is -0.764. The zero-order valence-electron chi connectivity index (χ0n) is 14.4. The van der Waals surface area contributed by atoms with E-state index in [4.69, 9.17) is 9.47 Å². The summed E-state index contributed by atoms with van der Waals surface area (Å²) in [6.45, 7) is 4.37. The molecule has 0 saturated carbocycles. The Hall–Kier alpha value is -1.93. The molecule has 1 aromatic heterocycles. The molecule has 0 aliphatic carbocycles. The van der Waals surface area contributed by atoms with E-state index >= 15 is 0 Å². The van der Waals surface area contributed by atoms with Crippen LogP contribution in [0.15, 0.2) is 18.5 Å². The fraction of sp³-hybridized carbons (Fsp3) is 0.688. The molecule has 1 aliphatic heterocycles. The Morgan fingerprint density at radius 2 is 2.08 bits per heavy atom. The summed E-state index contributed by atoms with van der Waals surface area (Å²) in [5.74, 6) is -0.120. The number of methoxy groups -OCH3 is 1. The molecule has 0 spiro atoms. The van der Waals surface area contributed by atoms with Crippen LogP contribution in [0.1, 0.15) is 19.8 Å². The van der Waals surface area contributed by atoms with Crippen molar-refractivity contribution < 1.29 is 19.1 Å². The lowest BCUT2D eigenvalue weighted by Crippen LogP contribution is -2.56. The van der Waals surface area contributed by atoms with E-state index < -0.39 is 5.54 Å². The van der Waals surface area contributed by atoms with Crippen LogP contribution < -0.4 is 5.32 Å². The predicted octanol–water partition coefficient (Wildman–Crippen LogP) is -0.0001000. The molecule has 1 saturated heterocycles. The fourth-order valence-corrected chi connectivity index (χ4v) is 2.92. The van der Waals surface area contributed by atoms with Crippen LogP contribution in [0.5, 0.6) is 0 Å². The molecule has 0 radical (unpaired) electrons. The normalized spacial score (nSPS) is 16.8. The van der Waals surface area contributed by atoms with Crippen molar-refractivity contribution in [2.75, 3.05) is 46.6 Å². The van der Waals surface area contributed by atoms with Gasteiger partial charge in [-0.25, -0.2) is 0 Å². The van der Waals surface area contributed by atoms with E-state index in [1.165, 1.54) is 0 Å². The van der Waals surface area contributed by atoms with Crippen LogP contribution in [0.25, 0.3) is 0 Å². The third-order valence-corrected chi connectivity index (χ3v) is 4.33. The molecule has 0 unspecified atom stereocenters. The van der Waals surface area contributed by atoms with E-state index in [-0.39, 0.29) is 18.4 Å². The second-order valence-electron chi connectivity index (χ2n) is 5.75. The first kappa shape index (κ1) is 18.4. The average Bonchev–Trinajstić information content (AvgIpc) is 3.15. The Bertz CT molecular complexity index is 524. The number of hydrogen-bond donors (Lipinski definition) is 1. The van der Waals surface area contributed by atoms with Crippen LogP contribution in [0, 0.1) is 0 Å². The topological polar surface area (TPSA) is 85.7 Å². The molecular weight excluding hydrogens is 312 g/mol. The summed E-state index contributed by atoms with van der Waals surface area (Å²) in [6, 6.07) is 1.80. The molecule has 24 heavy (non-hydrogen) atoms. The van der Waals surface area contributed by atoms with Crippen molar-refractivity contribution in [3.05, 3.63) is 18.5 Å². The molecule has 134 valence electrons. The van der Waals surface area contributed by atoms with Gasteiger partial charge in [0.05, 0.1) is 6.61 Å². The molecule has 1 aromatic rings. The largest absolute Gasteiger partial charge is 0.383 e. The highest BCUT2D eigenvalue weighted by atomic mass is 16.5. The minimum atomic E-state index is -0.764. The Balaban J connectivity index is 2.05. The van der Waals surface area contributed by atoms with Crippen molar-refractivity contribution in [1.29, 1.82) is 0 Å². The number of hydrogen-bond acceptors (Lipinski definition) is 5. The lowest BCUT2D eigenvalue weighted by atomic mass is 9.86. The summed E-state index contributed by atoms with van der Waals surface area (Å²) in [5, 5.41) is 7.19. The van der Waals surface area contributed by atoms with Crippen molar-refractivity contribution in [2.24, 2.45) is 0 Å². The number of ether oxygens (including phenoxy) is 2. The monoisotopic (exact) mass is 338 g/mol. The highest BCUT2D eigenvalue weighted by molar-refractivity contribution is 5.85. The van der Waals surface area contributed by atoms with Crippen molar-refractivity contribution in [3.63, 3.8) is 0 Å². The second-order valence-corrected chi connectivity index (χ2v) is 5.75. The number of amides is 2. The van der Waals surface area contributed by atoms with Gasteiger partial charge in [-0.2, -0.15) is 5.10 Å². The van der Waals surface area contributed by atoms with E-state index in [0.717, 1.165) is 0 Å². The van der Waals surface area contributed by atoms with Gasteiger partial charge in [0.25, 0.3) is 0 Å². The molecule has 0 bridgehead atoms. The van der Waals surface area contributed by atoms with Crippen LogP contribution in [-0.4, -0.2) is 73.1 Å². The van der Waals surface area contributed by atoms with Gasteiger partial charge in [-0.3, -0.25) is 14.3 Å². The molecule has 8 nitrogen and oxygen atoms in total. The van der Waals surface area contributed by atoms with Gasteiger partial charge in [0, 0.05) is 45.7 Å². The molecule has 0 aromatic carbocycles. The highest BCUT2D eigenvalue weighted by Gasteiger charge is 2.44. The standard InChI is InChI=1S/C16H26N4O4/c1-3-24-13-14(21)19-10-5-16(6-11-19,20-9-4-7-18-20)15(22)17-8-12-23-2/h4,7,9H,3,5-6,8,10-13H2,1-2H3,(H,17,22). The van der Waals surface area contributed by atoms with Gasteiger partial charge in [0.15, 0.2) is 0 Å². The number of carbonyl (C=O) groups is 2. The maximum absolute atomic E-state index is 12.8. The van der Waals surface area contributed by atoms with E-state index in [2.05, 4.69) is 10.4 Å². The van der Waals surface area contributed by atoms with Crippen molar-refractivity contribution in [2.45, 2.75) is 25.3 Å². The SMILES string of the molecule is CCOCC(=O)N1CCC(C(=O)NCCOC)(n2cccn2)CC1. The summed E-state index contributed by atoms with van der Waals surface area (Å²) < 4.78 is 11.9.